The van der Waals surface area contributed by atoms with Crippen molar-refractivity contribution in [2.45, 2.75) is 27.2 Å². The van der Waals surface area contributed by atoms with Crippen LogP contribution in [0.5, 0.6) is 0 Å². The van der Waals surface area contributed by atoms with E-state index in [-0.39, 0.29) is 18.5 Å². The fourth-order valence-electron chi connectivity index (χ4n) is 2.84. The van der Waals surface area contributed by atoms with E-state index in [0.29, 0.717) is 6.54 Å². The lowest BCUT2D eigenvalue weighted by Gasteiger charge is -2.19. The third-order valence-electron chi connectivity index (χ3n) is 4.19. The molecule has 1 aromatic carbocycles. The number of benzene rings is 1. The standard InChI is InChI=1S/C16H22N2O3/c1-4-12-7-5-6-10(2)14(12)17-16(21)18-8-11(3)13(9-18)15(19)20/h5-7,11,13H,4,8-9H2,1-3H3,(H,17,21)(H,19,20). The van der Waals surface area contributed by atoms with Crippen molar-refractivity contribution < 1.29 is 14.7 Å². The maximum atomic E-state index is 12.4. The van der Waals surface area contributed by atoms with Crippen molar-refractivity contribution in [2.24, 2.45) is 11.8 Å². The van der Waals surface area contributed by atoms with Crippen LogP contribution in [-0.4, -0.2) is 35.1 Å². The third kappa shape index (κ3) is 3.17. The van der Waals surface area contributed by atoms with Crippen LogP contribution in [0, 0.1) is 18.8 Å². The van der Waals surface area contributed by atoms with Crippen molar-refractivity contribution in [1.82, 2.24) is 4.90 Å². The van der Waals surface area contributed by atoms with E-state index in [9.17, 15) is 9.59 Å². The Morgan fingerprint density at radius 1 is 1.38 bits per heavy atom. The Labute approximate surface area is 125 Å². The molecule has 1 heterocycles. The number of hydrogen-bond acceptors (Lipinski definition) is 2. The molecular formula is C16H22N2O3. The van der Waals surface area contributed by atoms with Crippen LogP contribution >= 0.6 is 0 Å². The number of nitrogens with one attached hydrogen (secondary N) is 1. The van der Waals surface area contributed by atoms with E-state index in [2.05, 4.69) is 5.32 Å². The molecule has 1 saturated heterocycles. The van der Waals surface area contributed by atoms with Crippen LogP contribution in [0.25, 0.3) is 0 Å². The largest absolute Gasteiger partial charge is 0.481 e. The summed E-state index contributed by atoms with van der Waals surface area (Å²) in [7, 11) is 0. The highest BCUT2D eigenvalue weighted by Gasteiger charge is 2.37. The zero-order valence-electron chi connectivity index (χ0n) is 12.7. The highest BCUT2D eigenvalue weighted by molar-refractivity contribution is 5.91. The number of para-hydroxylation sites is 1. The summed E-state index contributed by atoms with van der Waals surface area (Å²) in [5, 5.41) is 12.1. The molecule has 1 fully saturated rings. The van der Waals surface area contributed by atoms with E-state index < -0.39 is 11.9 Å². The molecule has 2 N–H and O–H groups in total. The van der Waals surface area contributed by atoms with Gasteiger partial charge in [0.2, 0.25) is 0 Å². The van der Waals surface area contributed by atoms with Gasteiger partial charge in [0.15, 0.2) is 0 Å². The first-order valence-corrected chi connectivity index (χ1v) is 7.31. The van der Waals surface area contributed by atoms with Crippen molar-refractivity contribution in [1.29, 1.82) is 0 Å². The molecule has 114 valence electrons. The van der Waals surface area contributed by atoms with Gasteiger partial charge in [0, 0.05) is 18.8 Å². The van der Waals surface area contributed by atoms with Gasteiger partial charge in [-0.1, -0.05) is 32.0 Å². The molecule has 2 rings (SSSR count). The topological polar surface area (TPSA) is 69.6 Å². The molecule has 5 heteroatoms. The van der Waals surface area contributed by atoms with Gasteiger partial charge in [-0.3, -0.25) is 4.79 Å². The van der Waals surface area contributed by atoms with Crippen LogP contribution in [0.3, 0.4) is 0 Å². The first kappa shape index (κ1) is 15.4. The fraction of sp³-hybridized carbons (Fsp3) is 0.500. The lowest BCUT2D eigenvalue weighted by molar-refractivity contribution is -0.142. The Morgan fingerprint density at radius 3 is 2.67 bits per heavy atom. The van der Waals surface area contributed by atoms with Gasteiger partial charge in [-0.2, -0.15) is 0 Å². The number of likely N-dealkylation sites (tertiary alicyclic amines) is 1. The van der Waals surface area contributed by atoms with Crippen molar-refractivity contribution in [2.75, 3.05) is 18.4 Å². The van der Waals surface area contributed by atoms with E-state index in [1.165, 1.54) is 0 Å². The summed E-state index contributed by atoms with van der Waals surface area (Å²) in [6.07, 6.45) is 0.839. The maximum absolute atomic E-state index is 12.4. The molecule has 5 nitrogen and oxygen atoms in total. The molecule has 1 aromatic rings. The third-order valence-corrected chi connectivity index (χ3v) is 4.19. The average Bonchev–Trinajstić information content (AvgIpc) is 2.83. The second-order valence-electron chi connectivity index (χ2n) is 5.72. The van der Waals surface area contributed by atoms with E-state index in [0.717, 1.165) is 23.2 Å². The quantitative estimate of drug-likeness (QED) is 0.899. The number of carboxylic acid groups (broad SMARTS) is 1. The number of rotatable bonds is 3. The number of amides is 2. The first-order valence-electron chi connectivity index (χ1n) is 7.31. The summed E-state index contributed by atoms with van der Waals surface area (Å²) in [6, 6.07) is 5.72. The summed E-state index contributed by atoms with van der Waals surface area (Å²) in [4.78, 5) is 25.1. The molecule has 0 bridgehead atoms. The molecule has 0 saturated carbocycles. The molecule has 0 aliphatic carbocycles. The minimum atomic E-state index is -0.831. The Balaban J connectivity index is 2.11. The van der Waals surface area contributed by atoms with Gasteiger partial charge < -0.3 is 15.3 Å². The van der Waals surface area contributed by atoms with Gasteiger partial charge in [-0.25, -0.2) is 4.79 Å². The molecule has 2 amide bonds. The van der Waals surface area contributed by atoms with Gasteiger partial charge in [-0.15, -0.1) is 0 Å². The summed E-state index contributed by atoms with van der Waals surface area (Å²) >= 11 is 0. The van der Waals surface area contributed by atoms with Gasteiger partial charge in [0.25, 0.3) is 0 Å². The second kappa shape index (κ2) is 6.16. The van der Waals surface area contributed by atoms with Crippen LogP contribution in [0.4, 0.5) is 10.5 Å². The average molecular weight is 290 g/mol. The van der Waals surface area contributed by atoms with E-state index in [1.807, 2.05) is 39.0 Å². The molecule has 0 spiro atoms. The number of urea groups is 1. The zero-order chi connectivity index (χ0) is 15.6. The van der Waals surface area contributed by atoms with Crippen molar-refractivity contribution >= 4 is 17.7 Å². The van der Waals surface area contributed by atoms with Crippen molar-refractivity contribution in [3.63, 3.8) is 0 Å². The molecular weight excluding hydrogens is 268 g/mol. The van der Waals surface area contributed by atoms with Crippen LogP contribution in [0.1, 0.15) is 25.0 Å². The molecule has 21 heavy (non-hydrogen) atoms. The summed E-state index contributed by atoms with van der Waals surface area (Å²) < 4.78 is 0. The van der Waals surface area contributed by atoms with E-state index >= 15 is 0 Å². The zero-order valence-corrected chi connectivity index (χ0v) is 12.7. The van der Waals surface area contributed by atoms with Crippen molar-refractivity contribution in [3.8, 4) is 0 Å². The number of aliphatic carboxylic acids is 1. The summed E-state index contributed by atoms with van der Waals surface area (Å²) in [5.41, 5.74) is 2.95. The SMILES string of the molecule is CCc1cccc(C)c1NC(=O)N1CC(C)C(C(=O)O)C1. The summed E-state index contributed by atoms with van der Waals surface area (Å²) in [6.45, 7) is 6.63. The number of carboxylic acids is 1. The number of carbonyl (C=O) groups is 2. The predicted octanol–water partition coefficient (Wildman–Crippen LogP) is 2.74. The van der Waals surface area contributed by atoms with Crippen LogP contribution in [-0.2, 0) is 11.2 Å². The van der Waals surface area contributed by atoms with Gasteiger partial charge in [0.1, 0.15) is 0 Å². The van der Waals surface area contributed by atoms with Gasteiger partial charge in [-0.05, 0) is 30.4 Å². The van der Waals surface area contributed by atoms with E-state index in [4.69, 9.17) is 5.11 Å². The van der Waals surface area contributed by atoms with Gasteiger partial charge >= 0.3 is 12.0 Å². The minimum absolute atomic E-state index is 0.0178. The normalized spacial score (nSPS) is 21.4. The monoisotopic (exact) mass is 290 g/mol. The maximum Gasteiger partial charge on any atom is 0.321 e. The fourth-order valence-corrected chi connectivity index (χ4v) is 2.84. The number of anilines is 1. The molecule has 2 atom stereocenters. The number of nitrogens with zero attached hydrogens (tertiary/aromatic N) is 1. The second-order valence-corrected chi connectivity index (χ2v) is 5.72. The Morgan fingerprint density at radius 2 is 2.10 bits per heavy atom. The van der Waals surface area contributed by atoms with E-state index in [1.54, 1.807) is 4.90 Å². The highest BCUT2D eigenvalue weighted by Crippen LogP contribution is 2.26. The number of carbonyl (C=O) groups excluding carboxylic acids is 1. The Bertz CT molecular complexity index is 556. The van der Waals surface area contributed by atoms with Crippen LogP contribution < -0.4 is 5.32 Å². The molecule has 0 aromatic heterocycles. The highest BCUT2D eigenvalue weighted by atomic mass is 16.4. The van der Waals surface area contributed by atoms with Crippen LogP contribution in [0.15, 0.2) is 18.2 Å². The smallest absolute Gasteiger partial charge is 0.321 e. The minimum Gasteiger partial charge on any atom is -0.481 e. The summed E-state index contributed by atoms with van der Waals surface area (Å²) in [5.74, 6) is -1.32. The number of aryl methyl sites for hydroxylation is 2. The molecule has 1 aliphatic heterocycles. The van der Waals surface area contributed by atoms with Gasteiger partial charge in [0.05, 0.1) is 5.92 Å². The van der Waals surface area contributed by atoms with Crippen molar-refractivity contribution in [3.05, 3.63) is 29.3 Å². The lowest BCUT2D eigenvalue weighted by Crippen LogP contribution is -2.34. The Kier molecular flexibility index (Phi) is 4.50. The molecule has 0 radical (unpaired) electrons. The molecule has 1 aliphatic rings. The molecule has 2 unspecified atom stereocenters. The Hall–Kier alpha value is -2.04. The lowest BCUT2D eigenvalue weighted by atomic mass is 9.99. The predicted molar refractivity (Wildman–Crippen MR) is 81.4 cm³/mol. The first-order chi connectivity index (χ1) is 9.93. The number of hydrogen-bond donors (Lipinski definition) is 2. The van der Waals surface area contributed by atoms with Crippen LogP contribution in [0.2, 0.25) is 0 Å².